The van der Waals surface area contributed by atoms with E-state index in [9.17, 15) is 9.90 Å². The third-order valence-corrected chi connectivity index (χ3v) is 3.66. The van der Waals surface area contributed by atoms with E-state index in [0.717, 1.165) is 18.6 Å². The van der Waals surface area contributed by atoms with Crippen molar-refractivity contribution < 1.29 is 19.4 Å². The van der Waals surface area contributed by atoms with Crippen molar-refractivity contribution >= 4 is 12.1 Å². The molecule has 2 rings (SSSR count). The molecule has 6 heteroatoms. The van der Waals surface area contributed by atoms with Gasteiger partial charge < -0.3 is 14.6 Å². The number of nitrogens with zero attached hydrogens (tertiary/aromatic N) is 1. The number of aliphatic hydroxyl groups is 1. The van der Waals surface area contributed by atoms with Crippen LogP contribution in [0.25, 0.3) is 0 Å². The summed E-state index contributed by atoms with van der Waals surface area (Å²) in [4.78, 5) is 12.0. The van der Waals surface area contributed by atoms with Crippen LogP contribution < -0.4 is 14.9 Å². The van der Waals surface area contributed by atoms with Crippen LogP contribution in [0.15, 0.2) is 53.6 Å². The van der Waals surface area contributed by atoms with Crippen molar-refractivity contribution in [1.29, 1.82) is 0 Å². The summed E-state index contributed by atoms with van der Waals surface area (Å²) in [5, 5.41) is 14.0. The zero-order valence-electron chi connectivity index (χ0n) is 15.7. The summed E-state index contributed by atoms with van der Waals surface area (Å²) in [6, 6.07) is 14.2. The lowest BCUT2D eigenvalue weighted by Crippen LogP contribution is -2.25. The first kappa shape index (κ1) is 20.5. The van der Waals surface area contributed by atoms with Crippen LogP contribution in [0.3, 0.4) is 0 Å². The Kier molecular flexibility index (Phi) is 8.32. The second-order valence-corrected chi connectivity index (χ2v) is 5.94. The molecule has 2 aromatic rings. The smallest absolute Gasteiger partial charge is 0.273 e. The zero-order valence-corrected chi connectivity index (χ0v) is 15.7. The molecule has 0 fully saturated rings. The lowest BCUT2D eigenvalue weighted by atomic mass is 10.1. The highest BCUT2D eigenvalue weighted by atomic mass is 16.5. The Morgan fingerprint density at radius 3 is 2.52 bits per heavy atom. The molecule has 0 aromatic heterocycles. The first-order chi connectivity index (χ1) is 13.2. The van der Waals surface area contributed by atoms with Crippen molar-refractivity contribution in [3.8, 4) is 11.5 Å². The van der Waals surface area contributed by atoms with E-state index >= 15 is 0 Å². The van der Waals surface area contributed by atoms with E-state index in [0.29, 0.717) is 30.1 Å². The van der Waals surface area contributed by atoms with Crippen molar-refractivity contribution in [2.24, 2.45) is 5.10 Å². The van der Waals surface area contributed by atoms with Gasteiger partial charge in [0.2, 0.25) is 0 Å². The van der Waals surface area contributed by atoms with Gasteiger partial charge in [-0.3, -0.25) is 4.79 Å². The summed E-state index contributed by atoms with van der Waals surface area (Å²) in [7, 11) is 0. The Morgan fingerprint density at radius 2 is 1.81 bits per heavy atom. The molecule has 0 aliphatic heterocycles. The van der Waals surface area contributed by atoms with Crippen LogP contribution >= 0.6 is 0 Å². The molecule has 0 aliphatic rings. The molecule has 0 radical (unpaired) electrons. The van der Waals surface area contributed by atoms with E-state index in [-0.39, 0.29) is 0 Å². The number of hydrazone groups is 1. The first-order valence-electron chi connectivity index (χ1n) is 9.11. The standard InChI is InChI=1S/C21H26N2O4/c1-3-12-26-18-11-10-17(19(14-18)27-13-4-2)15-22-23-21(25)20(24)16-8-6-5-7-9-16/h5-11,14-15,20,24H,3-4,12-13H2,1-2H3,(H,23,25)/b22-15-/t20-/m0/s1. The van der Waals surface area contributed by atoms with Crippen LogP contribution in [0, 0.1) is 0 Å². The molecule has 0 saturated heterocycles. The van der Waals surface area contributed by atoms with Gasteiger partial charge in [-0.2, -0.15) is 5.10 Å². The zero-order chi connectivity index (χ0) is 19.5. The van der Waals surface area contributed by atoms with Crippen LogP contribution in [-0.2, 0) is 4.79 Å². The molecular weight excluding hydrogens is 344 g/mol. The molecule has 1 atom stereocenters. The van der Waals surface area contributed by atoms with E-state index < -0.39 is 12.0 Å². The summed E-state index contributed by atoms with van der Waals surface area (Å²) >= 11 is 0. The quantitative estimate of drug-likeness (QED) is 0.496. The number of hydrogen-bond donors (Lipinski definition) is 2. The highest BCUT2D eigenvalue weighted by Gasteiger charge is 2.16. The van der Waals surface area contributed by atoms with E-state index in [1.54, 1.807) is 24.3 Å². The average Bonchev–Trinajstić information content (AvgIpc) is 2.71. The van der Waals surface area contributed by atoms with Crippen LogP contribution in [0.4, 0.5) is 0 Å². The third-order valence-electron chi connectivity index (χ3n) is 3.66. The Morgan fingerprint density at radius 1 is 1.11 bits per heavy atom. The minimum atomic E-state index is -1.27. The topological polar surface area (TPSA) is 80.2 Å². The summed E-state index contributed by atoms with van der Waals surface area (Å²) in [6.45, 7) is 5.27. The predicted molar refractivity (Wildman–Crippen MR) is 105 cm³/mol. The first-order valence-corrected chi connectivity index (χ1v) is 9.11. The second kappa shape index (κ2) is 11.0. The molecule has 2 aromatic carbocycles. The lowest BCUT2D eigenvalue weighted by Gasteiger charge is -2.11. The van der Waals surface area contributed by atoms with Crippen molar-refractivity contribution in [2.75, 3.05) is 13.2 Å². The van der Waals surface area contributed by atoms with E-state index in [4.69, 9.17) is 9.47 Å². The SMILES string of the molecule is CCCOc1ccc(/C=N\NC(=O)[C@@H](O)c2ccccc2)c(OCCC)c1. The summed E-state index contributed by atoms with van der Waals surface area (Å²) in [5.74, 6) is 0.757. The van der Waals surface area contributed by atoms with Crippen LogP contribution in [0.1, 0.15) is 43.9 Å². The van der Waals surface area contributed by atoms with Gasteiger partial charge in [0.1, 0.15) is 11.5 Å². The molecule has 0 bridgehead atoms. The molecule has 0 heterocycles. The van der Waals surface area contributed by atoms with Crippen LogP contribution in [0.5, 0.6) is 11.5 Å². The van der Waals surface area contributed by atoms with Gasteiger partial charge in [0.05, 0.1) is 19.4 Å². The van der Waals surface area contributed by atoms with E-state index in [1.807, 2.05) is 38.1 Å². The Balaban J connectivity index is 2.04. The summed E-state index contributed by atoms with van der Waals surface area (Å²) < 4.78 is 11.4. The minimum Gasteiger partial charge on any atom is -0.493 e. The summed E-state index contributed by atoms with van der Waals surface area (Å²) in [5.41, 5.74) is 3.57. The number of hydrogen-bond acceptors (Lipinski definition) is 5. The summed E-state index contributed by atoms with van der Waals surface area (Å²) in [6.07, 6.45) is 2.01. The van der Waals surface area contributed by atoms with Gasteiger partial charge in [-0.05, 0) is 30.5 Å². The molecule has 0 saturated carbocycles. The predicted octanol–water partition coefficient (Wildman–Crippen LogP) is 3.45. The molecule has 2 N–H and O–H groups in total. The molecular formula is C21H26N2O4. The fourth-order valence-corrected chi connectivity index (χ4v) is 2.28. The normalized spacial score (nSPS) is 12.0. The van der Waals surface area contributed by atoms with Gasteiger partial charge in [0.15, 0.2) is 6.10 Å². The molecule has 0 unspecified atom stereocenters. The molecule has 0 aliphatic carbocycles. The minimum absolute atomic E-state index is 0.509. The fourth-order valence-electron chi connectivity index (χ4n) is 2.28. The van der Waals surface area contributed by atoms with Crippen LogP contribution in [-0.4, -0.2) is 30.4 Å². The highest BCUT2D eigenvalue weighted by Crippen LogP contribution is 2.24. The maximum Gasteiger partial charge on any atom is 0.273 e. The monoisotopic (exact) mass is 370 g/mol. The van der Waals surface area contributed by atoms with Gasteiger partial charge in [-0.25, -0.2) is 5.43 Å². The molecule has 6 nitrogen and oxygen atoms in total. The number of carbonyl (C=O) groups excluding carboxylic acids is 1. The van der Waals surface area contributed by atoms with E-state index in [2.05, 4.69) is 10.5 Å². The van der Waals surface area contributed by atoms with Crippen molar-refractivity contribution in [2.45, 2.75) is 32.8 Å². The van der Waals surface area contributed by atoms with Gasteiger partial charge in [-0.15, -0.1) is 0 Å². The number of aliphatic hydroxyl groups excluding tert-OH is 1. The Bertz CT molecular complexity index is 747. The largest absolute Gasteiger partial charge is 0.493 e. The fraction of sp³-hybridized carbons (Fsp3) is 0.333. The number of benzene rings is 2. The molecule has 1 amide bonds. The Hall–Kier alpha value is -2.86. The molecule has 0 spiro atoms. The van der Waals surface area contributed by atoms with Crippen molar-refractivity contribution in [3.05, 3.63) is 59.7 Å². The number of carbonyl (C=O) groups is 1. The maximum absolute atomic E-state index is 12.0. The molecule has 144 valence electrons. The van der Waals surface area contributed by atoms with Gasteiger partial charge in [0.25, 0.3) is 5.91 Å². The van der Waals surface area contributed by atoms with Gasteiger partial charge >= 0.3 is 0 Å². The van der Waals surface area contributed by atoms with Gasteiger partial charge in [-0.1, -0.05) is 44.2 Å². The van der Waals surface area contributed by atoms with E-state index in [1.165, 1.54) is 6.21 Å². The highest BCUT2D eigenvalue weighted by molar-refractivity contribution is 5.87. The number of nitrogens with one attached hydrogen (secondary N) is 1. The molecule has 27 heavy (non-hydrogen) atoms. The van der Waals surface area contributed by atoms with Crippen molar-refractivity contribution in [1.82, 2.24) is 5.43 Å². The number of ether oxygens (including phenoxy) is 2. The Labute approximate surface area is 159 Å². The second-order valence-electron chi connectivity index (χ2n) is 5.94. The number of amides is 1. The number of rotatable bonds is 10. The van der Waals surface area contributed by atoms with Crippen molar-refractivity contribution in [3.63, 3.8) is 0 Å². The lowest BCUT2D eigenvalue weighted by molar-refractivity contribution is -0.129. The third kappa shape index (κ3) is 6.42. The maximum atomic E-state index is 12.0. The average molecular weight is 370 g/mol. The van der Waals surface area contributed by atoms with Gasteiger partial charge in [0, 0.05) is 11.6 Å². The van der Waals surface area contributed by atoms with Crippen LogP contribution in [0.2, 0.25) is 0 Å².